The fraction of sp³-hybridized carbons (Fsp3) is 0.417. The highest BCUT2D eigenvalue weighted by Crippen LogP contribution is 2.38. The van der Waals surface area contributed by atoms with Gasteiger partial charge in [-0.2, -0.15) is 8.78 Å². The highest BCUT2D eigenvalue weighted by atomic mass is 19.3. The molecule has 4 aromatic rings. The number of hydrogen-bond acceptors (Lipinski definition) is 3. The first-order valence-corrected chi connectivity index (χ1v) is 15.5. The molecule has 1 aliphatic rings. The fourth-order valence-corrected chi connectivity index (χ4v) is 6.29. The molecule has 0 radical (unpaired) electrons. The number of aromatic nitrogens is 2. The molecule has 1 heterocycles. The van der Waals surface area contributed by atoms with Gasteiger partial charge in [0, 0.05) is 36.8 Å². The Morgan fingerprint density at radius 1 is 0.881 bits per heavy atom. The van der Waals surface area contributed by atoms with Crippen LogP contribution >= 0.6 is 0 Å². The monoisotopic (exact) mass is 571 g/mol. The van der Waals surface area contributed by atoms with Crippen LogP contribution in [0.1, 0.15) is 76.1 Å². The van der Waals surface area contributed by atoms with E-state index in [9.17, 15) is 8.78 Å². The summed E-state index contributed by atoms with van der Waals surface area (Å²) in [6.07, 6.45) is 8.56. The van der Waals surface area contributed by atoms with Gasteiger partial charge in [-0.25, -0.2) is 4.98 Å². The van der Waals surface area contributed by atoms with Gasteiger partial charge in [0.25, 0.3) is 0 Å². The minimum atomic E-state index is -2.82. The predicted molar refractivity (Wildman–Crippen MR) is 166 cm³/mol. The van der Waals surface area contributed by atoms with E-state index in [1.807, 2.05) is 18.2 Å². The van der Waals surface area contributed by atoms with Crippen LogP contribution in [-0.4, -0.2) is 27.6 Å². The molecule has 4 nitrogen and oxygen atoms in total. The zero-order valence-electron chi connectivity index (χ0n) is 24.9. The Hall–Kier alpha value is -3.51. The number of hydrogen-bond donors (Lipinski definition) is 0. The average Bonchev–Trinajstić information content (AvgIpc) is 3.41. The van der Waals surface area contributed by atoms with Gasteiger partial charge in [0.1, 0.15) is 11.6 Å². The van der Waals surface area contributed by atoms with Crippen molar-refractivity contribution in [2.24, 2.45) is 5.92 Å². The average molecular weight is 572 g/mol. The van der Waals surface area contributed by atoms with Crippen LogP contribution in [0.15, 0.2) is 84.9 Å². The first-order chi connectivity index (χ1) is 20.5. The highest BCUT2D eigenvalue weighted by molar-refractivity contribution is 5.69. The van der Waals surface area contributed by atoms with E-state index in [0.29, 0.717) is 5.92 Å². The molecule has 5 rings (SSSR count). The van der Waals surface area contributed by atoms with Crippen molar-refractivity contribution in [1.29, 1.82) is 0 Å². The van der Waals surface area contributed by atoms with Gasteiger partial charge < -0.3 is 9.30 Å². The van der Waals surface area contributed by atoms with Gasteiger partial charge in [-0.05, 0) is 49.8 Å². The molecule has 0 spiro atoms. The van der Waals surface area contributed by atoms with Crippen molar-refractivity contribution in [3.05, 3.63) is 96.2 Å². The number of unbranched alkanes of at least 4 members (excludes halogenated alkanes) is 1. The lowest BCUT2D eigenvalue weighted by molar-refractivity contribution is -0.0498. The third-order valence-corrected chi connectivity index (χ3v) is 8.52. The van der Waals surface area contributed by atoms with Gasteiger partial charge in [-0.15, -0.1) is 0 Å². The summed E-state index contributed by atoms with van der Waals surface area (Å²) in [4.78, 5) is 7.93. The summed E-state index contributed by atoms with van der Waals surface area (Å²) in [5, 5.41) is 0. The van der Waals surface area contributed by atoms with Gasteiger partial charge in [-0.3, -0.25) is 4.90 Å². The van der Waals surface area contributed by atoms with Crippen molar-refractivity contribution >= 4 is 0 Å². The lowest BCUT2D eigenvalue weighted by Crippen LogP contribution is -2.34. The second-order valence-corrected chi connectivity index (χ2v) is 11.5. The molecule has 0 aliphatic heterocycles. The minimum Gasteiger partial charge on any atom is -0.435 e. The van der Waals surface area contributed by atoms with Gasteiger partial charge in [0.05, 0.1) is 11.4 Å². The SMILES string of the molecule is CCCCn1c(-c2ccccc2)nc(-c2ccccc2)c1[C@H](C)N(Cc1ccc(OC(F)F)cc1)CC1CCCCC1. The van der Waals surface area contributed by atoms with E-state index >= 15 is 0 Å². The maximum atomic E-state index is 12.8. The van der Waals surface area contributed by atoms with E-state index in [1.165, 1.54) is 37.8 Å². The molecule has 0 bridgehead atoms. The first kappa shape index (κ1) is 30.0. The third kappa shape index (κ3) is 7.46. The lowest BCUT2D eigenvalue weighted by atomic mass is 9.88. The Balaban J connectivity index is 1.58. The molecule has 3 aromatic carbocycles. The Morgan fingerprint density at radius 2 is 1.52 bits per heavy atom. The molecule has 1 atom stereocenters. The summed E-state index contributed by atoms with van der Waals surface area (Å²) in [5.74, 6) is 1.84. The highest BCUT2D eigenvalue weighted by Gasteiger charge is 2.29. The number of ether oxygens (including phenoxy) is 1. The van der Waals surface area contributed by atoms with E-state index < -0.39 is 6.61 Å². The van der Waals surface area contributed by atoms with E-state index in [0.717, 1.165) is 60.7 Å². The molecule has 0 amide bonds. The molecule has 1 fully saturated rings. The molecule has 0 N–H and O–H groups in total. The Kier molecular flexibility index (Phi) is 10.4. The Morgan fingerprint density at radius 3 is 2.14 bits per heavy atom. The van der Waals surface area contributed by atoms with E-state index in [4.69, 9.17) is 4.98 Å². The predicted octanol–water partition coefficient (Wildman–Crippen LogP) is 9.76. The number of imidazole rings is 1. The summed E-state index contributed by atoms with van der Waals surface area (Å²) in [6.45, 7) is 4.34. The van der Waals surface area contributed by atoms with Crippen LogP contribution in [0.25, 0.3) is 22.6 Å². The second-order valence-electron chi connectivity index (χ2n) is 11.5. The number of alkyl halides is 2. The van der Waals surface area contributed by atoms with E-state index in [-0.39, 0.29) is 11.8 Å². The summed E-state index contributed by atoms with van der Waals surface area (Å²) >= 11 is 0. The summed E-state index contributed by atoms with van der Waals surface area (Å²) in [5.41, 5.74) is 5.60. The Labute approximate surface area is 249 Å². The Bertz CT molecular complexity index is 1370. The lowest BCUT2D eigenvalue weighted by Gasteiger charge is -2.35. The van der Waals surface area contributed by atoms with Crippen LogP contribution in [-0.2, 0) is 13.1 Å². The van der Waals surface area contributed by atoms with Crippen molar-refractivity contribution < 1.29 is 13.5 Å². The molecule has 1 aliphatic carbocycles. The van der Waals surface area contributed by atoms with Gasteiger partial charge in [-0.1, -0.05) is 105 Å². The molecule has 1 saturated carbocycles. The number of nitrogens with zero attached hydrogens (tertiary/aromatic N) is 3. The van der Waals surface area contributed by atoms with Crippen LogP contribution in [0.3, 0.4) is 0 Å². The van der Waals surface area contributed by atoms with Crippen LogP contribution in [0.4, 0.5) is 8.78 Å². The third-order valence-electron chi connectivity index (χ3n) is 8.52. The normalized spacial score (nSPS) is 14.9. The van der Waals surface area contributed by atoms with E-state index in [2.05, 4.69) is 82.6 Å². The maximum Gasteiger partial charge on any atom is 0.387 e. The van der Waals surface area contributed by atoms with Crippen molar-refractivity contribution in [1.82, 2.24) is 14.5 Å². The number of halogens is 2. The van der Waals surface area contributed by atoms with Crippen molar-refractivity contribution in [2.45, 2.75) is 84.5 Å². The smallest absolute Gasteiger partial charge is 0.387 e. The van der Waals surface area contributed by atoms with Crippen molar-refractivity contribution in [2.75, 3.05) is 6.54 Å². The zero-order chi connectivity index (χ0) is 29.3. The molecule has 6 heteroatoms. The zero-order valence-corrected chi connectivity index (χ0v) is 24.9. The molecule has 222 valence electrons. The van der Waals surface area contributed by atoms with Crippen molar-refractivity contribution in [3.8, 4) is 28.4 Å². The van der Waals surface area contributed by atoms with Crippen LogP contribution in [0.5, 0.6) is 5.75 Å². The van der Waals surface area contributed by atoms with Crippen LogP contribution < -0.4 is 4.74 Å². The van der Waals surface area contributed by atoms with Gasteiger partial charge >= 0.3 is 6.61 Å². The maximum absolute atomic E-state index is 12.8. The van der Waals surface area contributed by atoms with Gasteiger partial charge in [0.15, 0.2) is 0 Å². The first-order valence-electron chi connectivity index (χ1n) is 15.5. The van der Waals surface area contributed by atoms with Gasteiger partial charge in [0.2, 0.25) is 0 Å². The van der Waals surface area contributed by atoms with Crippen LogP contribution in [0, 0.1) is 5.92 Å². The van der Waals surface area contributed by atoms with Crippen molar-refractivity contribution in [3.63, 3.8) is 0 Å². The summed E-state index contributed by atoms with van der Waals surface area (Å²) < 4.78 is 32.6. The minimum absolute atomic E-state index is 0.0842. The topological polar surface area (TPSA) is 30.3 Å². The molecule has 0 saturated heterocycles. The van der Waals surface area contributed by atoms with E-state index in [1.54, 1.807) is 12.1 Å². The molecule has 42 heavy (non-hydrogen) atoms. The molecule has 0 unspecified atom stereocenters. The quantitative estimate of drug-likeness (QED) is 0.160. The number of benzene rings is 3. The molecular weight excluding hydrogens is 528 g/mol. The second kappa shape index (κ2) is 14.6. The largest absolute Gasteiger partial charge is 0.435 e. The standard InChI is InChI=1S/C36H43F2N3O/c1-3-4-24-41-34(33(30-16-10-6-11-17-30)39-35(41)31-18-12-7-13-19-31)27(2)40(25-28-14-8-5-9-15-28)26-29-20-22-32(23-21-29)42-36(37)38/h6-7,10-13,16-23,27-28,36H,3-5,8-9,14-15,24-26H2,1-2H3/t27-/m0/s1. The van der Waals surface area contributed by atoms with Crippen LogP contribution in [0.2, 0.25) is 0 Å². The number of rotatable bonds is 13. The molecule has 1 aromatic heterocycles. The summed E-state index contributed by atoms with van der Waals surface area (Å²) in [6, 6.07) is 28.3. The fourth-order valence-electron chi connectivity index (χ4n) is 6.29. The summed E-state index contributed by atoms with van der Waals surface area (Å²) in [7, 11) is 0. The molecular formula is C36H43F2N3O.